The van der Waals surface area contributed by atoms with Crippen molar-refractivity contribution in [3.05, 3.63) is 42.2 Å². The second kappa shape index (κ2) is 4.72. The van der Waals surface area contributed by atoms with E-state index in [1.54, 1.807) is 19.5 Å². The Labute approximate surface area is 94.1 Å². The molecule has 0 unspecified atom stereocenters. The molecule has 0 saturated heterocycles. The summed E-state index contributed by atoms with van der Waals surface area (Å²) in [4.78, 5) is 8.24. The minimum atomic E-state index is 0.442. The van der Waals surface area contributed by atoms with Gasteiger partial charge >= 0.3 is 0 Å². The van der Waals surface area contributed by atoms with E-state index >= 15 is 0 Å². The van der Waals surface area contributed by atoms with Gasteiger partial charge < -0.3 is 10.5 Å². The Kier molecular flexibility index (Phi) is 3.12. The van der Waals surface area contributed by atoms with Gasteiger partial charge in [0.05, 0.1) is 6.61 Å². The smallest absolute Gasteiger partial charge is 0.149 e. The number of nitrogens with zero attached hydrogens (tertiary/aromatic N) is 2. The Morgan fingerprint density at radius 1 is 1.25 bits per heavy atom. The van der Waals surface area contributed by atoms with Crippen LogP contribution in [-0.4, -0.2) is 17.1 Å². The summed E-state index contributed by atoms with van der Waals surface area (Å²) >= 11 is 0. The molecular weight excluding hydrogens is 202 g/mol. The second-order valence-electron chi connectivity index (χ2n) is 3.42. The van der Waals surface area contributed by atoms with Crippen LogP contribution in [0.4, 0.5) is 5.82 Å². The van der Waals surface area contributed by atoms with E-state index in [0.717, 1.165) is 11.1 Å². The van der Waals surface area contributed by atoms with E-state index in [1.807, 2.05) is 24.3 Å². The zero-order valence-electron chi connectivity index (χ0n) is 9.05. The number of nitrogens with two attached hydrogens (primary N) is 1. The lowest BCUT2D eigenvalue weighted by Crippen LogP contribution is -1.96. The number of hydrogen-bond acceptors (Lipinski definition) is 4. The van der Waals surface area contributed by atoms with Crippen molar-refractivity contribution in [1.82, 2.24) is 9.97 Å². The number of nitrogen functional groups attached to an aromatic ring is 1. The molecule has 0 fully saturated rings. The van der Waals surface area contributed by atoms with Crippen molar-refractivity contribution in [2.45, 2.75) is 6.61 Å². The van der Waals surface area contributed by atoms with Gasteiger partial charge in [-0.3, -0.25) is 4.98 Å². The lowest BCUT2D eigenvalue weighted by atomic mass is 10.1. The largest absolute Gasteiger partial charge is 0.382 e. The zero-order chi connectivity index (χ0) is 11.4. The molecule has 4 heteroatoms. The minimum Gasteiger partial charge on any atom is -0.382 e. The zero-order valence-corrected chi connectivity index (χ0v) is 9.05. The molecular formula is C12H13N3O. The maximum atomic E-state index is 5.77. The number of benzene rings is 1. The van der Waals surface area contributed by atoms with Crippen LogP contribution in [0.25, 0.3) is 11.3 Å². The SMILES string of the molecule is COCc1cccc(-c2nccnc2N)c1. The average molecular weight is 215 g/mol. The topological polar surface area (TPSA) is 61.0 Å². The molecule has 0 spiro atoms. The van der Waals surface area contributed by atoms with Crippen LogP contribution in [0.1, 0.15) is 5.56 Å². The standard InChI is InChI=1S/C12H13N3O/c1-16-8-9-3-2-4-10(7-9)11-12(13)15-6-5-14-11/h2-7H,8H2,1H3,(H2,13,15). The highest BCUT2D eigenvalue weighted by Gasteiger charge is 2.04. The number of methoxy groups -OCH3 is 1. The Morgan fingerprint density at radius 2 is 2.06 bits per heavy atom. The monoisotopic (exact) mass is 215 g/mol. The molecule has 0 amide bonds. The molecule has 0 bridgehead atoms. The van der Waals surface area contributed by atoms with Crippen molar-refractivity contribution < 1.29 is 4.74 Å². The van der Waals surface area contributed by atoms with Gasteiger partial charge in [-0.15, -0.1) is 0 Å². The summed E-state index contributed by atoms with van der Waals surface area (Å²) in [6.07, 6.45) is 3.21. The van der Waals surface area contributed by atoms with E-state index in [9.17, 15) is 0 Å². The van der Waals surface area contributed by atoms with Crippen molar-refractivity contribution in [2.75, 3.05) is 12.8 Å². The normalized spacial score (nSPS) is 10.3. The quantitative estimate of drug-likeness (QED) is 0.849. The highest BCUT2D eigenvalue weighted by atomic mass is 16.5. The fourth-order valence-electron chi connectivity index (χ4n) is 1.55. The lowest BCUT2D eigenvalue weighted by molar-refractivity contribution is 0.185. The summed E-state index contributed by atoms with van der Waals surface area (Å²) in [6, 6.07) is 7.92. The molecule has 4 nitrogen and oxygen atoms in total. The van der Waals surface area contributed by atoms with Crippen LogP contribution in [0, 0.1) is 0 Å². The van der Waals surface area contributed by atoms with Gasteiger partial charge in [0.25, 0.3) is 0 Å². The molecule has 0 atom stereocenters. The molecule has 0 saturated carbocycles. The van der Waals surface area contributed by atoms with Crippen molar-refractivity contribution in [2.24, 2.45) is 0 Å². The van der Waals surface area contributed by atoms with Crippen LogP contribution in [0.15, 0.2) is 36.7 Å². The Morgan fingerprint density at radius 3 is 2.81 bits per heavy atom. The van der Waals surface area contributed by atoms with Crippen LogP contribution < -0.4 is 5.73 Å². The van der Waals surface area contributed by atoms with Crippen LogP contribution >= 0.6 is 0 Å². The fraction of sp³-hybridized carbons (Fsp3) is 0.167. The van der Waals surface area contributed by atoms with Gasteiger partial charge in [0, 0.05) is 25.1 Å². The summed E-state index contributed by atoms with van der Waals surface area (Å²) in [5, 5.41) is 0. The molecule has 0 aliphatic carbocycles. The predicted octanol–water partition coefficient (Wildman–Crippen LogP) is 1.87. The Hall–Kier alpha value is -1.94. The van der Waals surface area contributed by atoms with Crippen molar-refractivity contribution >= 4 is 5.82 Å². The number of hydrogen-bond donors (Lipinski definition) is 1. The van der Waals surface area contributed by atoms with E-state index < -0.39 is 0 Å². The van der Waals surface area contributed by atoms with Crippen LogP contribution in [0.3, 0.4) is 0 Å². The number of rotatable bonds is 3. The van der Waals surface area contributed by atoms with Gasteiger partial charge in [-0.1, -0.05) is 18.2 Å². The highest BCUT2D eigenvalue weighted by molar-refractivity contribution is 5.69. The Bertz CT molecular complexity index is 485. The van der Waals surface area contributed by atoms with Crippen LogP contribution in [0.2, 0.25) is 0 Å². The second-order valence-corrected chi connectivity index (χ2v) is 3.42. The van der Waals surface area contributed by atoms with Crippen molar-refractivity contribution in [1.29, 1.82) is 0 Å². The summed E-state index contributed by atoms with van der Waals surface area (Å²) in [5.41, 5.74) is 8.53. The van der Waals surface area contributed by atoms with E-state index in [0.29, 0.717) is 18.1 Å². The molecule has 0 aliphatic heterocycles. The third kappa shape index (κ3) is 2.17. The van der Waals surface area contributed by atoms with Crippen LogP contribution in [0.5, 0.6) is 0 Å². The van der Waals surface area contributed by atoms with Gasteiger partial charge in [0.2, 0.25) is 0 Å². The molecule has 0 aliphatic rings. The van der Waals surface area contributed by atoms with Crippen molar-refractivity contribution in [3.63, 3.8) is 0 Å². The van der Waals surface area contributed by atoms with Crippen LogP contribution in [-0.2, 0) is 11.3 Å². The third-order valence-corrected chi connectivity index (χ3v) is 2.24. The summed E-state index contributed by atoms with van der Waals surface area (Å²) in [6.45, 7) is 0.577. The van der Waals surface area contributed by atoms with E-state index in [1.165, 1.54) is 0 Å². The molecule has 2 N–H and O–H groups in total. The number of anilines is 1. The first-order chi connectivity index (χ1) is 7.81. The van der Waals surface area contributed by atoms with Gasteiger partial charge in [0.1, 0.15) is 11.5 Å². The van der Waals surface area contributed by atoms with Crippen molar-refractivity contribution in [3.8, 4) is 11.3 Å². The molecule has 1 aromatic heterocycles. The van der Waals surface area contributed by atoms with Gasteiger partial charge in [-0.2, -0.15) is 0 Å². The summed E-state index contributed by atoms with van der Waals surface area (Å²) < 4.78 is 5.08. The molecule has 82 valence electrons. The van der Waals surface area contributed by atoms with E-state index in [4.69, 9.17) is 10.5 Å². The molecule has 2 aromatic rings. The van der Waals surface area contributed by atoms with E-state index in [2.05, 4.69) is 9.97 Å². The third-order valence-electron chi connectivity index (χ3n) is 2.24. The molecule has 1 aromatic carbocycles. The maximum absolute atomic E-state index is 5.77. The fourth-order valence-corrected chi connectivity index (χ4v) is 1.55. The minimum absolute atomic E-state index is 0.442. The first kappa shape index (κ1) is 10.6. The predicted molar refractivity (Wildman–Crippen MR) is 62.6 cm³/mol. The molecule has 2 rings (SSSR count). The maximum Gasteiger partial charge on any atom is 0.149 e. The lowest BCUT2D eigenvalue weighted by Gasteiger charge is -2.05. The van der Waals surface area contributed by atoms with Gasteiger partial charge in [-0.05, 0) is 11.6 Å². The molecule has 16 heavy (non-hydrogen) atoms. The first-order valence-corrected chi connectivity index (χ1v) is 4.96. The average Bonchev–Trinajstić information content (AvgIpc) is 2.30. The highest BCUT2D eigenvalue weighted by Crippen LogP contribution is 2.22. The first-order valence-electron chi connectivity index (χ1n) is 4.96. The van der Waals surface area contributed by atoms with E-state index in [-0.39, 0.29) is 0 Å². The number of ether oxygens (including phenoxy) is 1. The van der Waals surface area contributed by atoms with Gasteiger partial charge in [0.15, 0.2) is 0 Å². The molecule has 0 radical (unpaired) electrons. The summed E-state index contributed by atoms with van der Waals surface area (Å²) in [5.74, 6) is 0.442. The molecule has 1 heterocycles. The number of aromatic nitrogens is 2. The summed E-state index contributed by atoms with van der Waals surface area (Å²) in [7, 11) is 1.67. The Balaban J connectivity index is 2.40. The van der Waals surface area contributed by atoms with Gasteiger partial charge in [-0.25, -0.2) is 4.98 Å².